The first-order valence-corrected chi connectivity index (χ1v) is 6.44. The van der Waals surface area contributed by atoms with E-state index in [0.717, 1.165) is 37.7 Å². The fourth-order valence-corrected chi connectivity index (χ4v) is 2.20. The van der Waals surface area contributed by atoms with Crippen LogP contribution in [-0.2, 0) is 4.74 Å². The maximum absolute atomic E-state index is 5.98. The number of nitrogens with one attached hydrogen (secondary N) is 1. The molecule has 1 saturated heterocycles. The molecule has 1 atom stereocenters. The molecule has 1 aliphatic rings. The fourth-order valence-electron chi connectivity index (χ4n) is 2.03. The monoisotopic (exact) mass is 270 g/mol. The Morgan fingerprint density at radius 1 is 1.56 bits per heavy atom. The van der Waals surface area contributed by atoms with E-state index in [2.05, 4.69) is 17.3 Å². The summed E-state index contributed by atoms with van der Waals surface area (Å²) in [7, 11) is 3.76. The van der Waals surface area contributed by atoms with Gasteiger partial charge in [0.2, 0.25) is 0 Å². The molecular weight excluding hydrogens is 252 g/mol. The summed E-state index contributed by atoms with van der Waals surface area (Å²) in [5, 5.41) is 4.03. The molecule has 0 spiro atoms. The van der Waals surface area contributed by atoms with E-state index in [-0.39, 0.29) is 6.10 Å². The summed E-state index contributed by atoms with van der Waals surface area (Å²) in [5.74, 6) is 0.795. The van der Waals surface area contributed by atoms with Gasteiger partial charge >= 0.3 is 0 Å². The second-order valence-electron chi connectivity index (χ2n) is 4.48. The van der Waals surface area contributed by atoms with Crippen LogP contribution < -0.4 is 10.1 Å². The van der Waals surface area contributed by atoms with Crippen molar-refractivity contribution in [1.82, 2.24) is 4.90 Å². The molecule has 1 aliphatic heterocycles. The number of halogens is 1. The molecular formula is C13H19ClN2O2. The van der Waals surface area contributed by atoms with E-state index in [0.29, 0.717) is 5.02 Å². The largest absolute Gasteiger partial charge is 0.495 e. The van der Waals surface area contributed by atoms with Gasteiger partial charge in [0, 0.05) is 24.7 Å². The second kappa shape index (κ2) is 6.27. The van der Waals surface area contributed by atoms with Gasteiger partial charge in [-0.2, -0.15) is 0 Å². The molecule has 1 N–H and O–H groups in total. The number of rotatable bonds is 4. The Balaban J connectivity index is 1.94. The second-order valence-corrected chi connectivity index (χ2v) is 4.92. The smallest absolute Gasteiger partial charge is 0.142 e. The van der Waals surface area contributed by atoms with Crippen molar-refractivity contribution in [3.05, 3.63) is 23.2 Å². The molecule has 0 aliphatic carbocycles. The van der Waals surface area contributed by atoms with Gasteiger partial charge < -0.3 is 19.7 Å². The molecule has 0 saturated carbocycles. The van der Waals surface area contributed by atoms with Crippen LogP contribution in [0.4, 0.5) is 5.69 Å². The molecule has 0 amide bonds. The number of benzene rings is 1. The molecule has 0 aromatic heterocycles. The minimum Gasteiger partial charge on any atom is -0.495 e. The van der Waals surface area contributed by atoms with Gasteiger partial charge in [-0.3, -0.25) is 0 Å². The van der Waals surface area contributed by atoms with Crippen LogP contribution in [0.5, 0.6) is 5.75 Å². The summed E-state index contributed by atoms with van der Waals surface area (Å²) in [6.07, 6.45) is 0.201. The summed E-state index contributed by atoms with van der Waals surface area (Å²) in [6.45, 7) is 3.48. The Morgan fingerprint density at radius 2 is 2.39 bits per heavy atom. The molecule has 1 unspecified atom stereocenters. The minimum absolute atomic E-state index is 0.201. The summed E-state index contributed by atoms with van der Waals surface area (Å²) in [4.78, 5) is 2.27. The zero-order valence-electron chi connectivity index (χ0n) is 10.8. The lowest BCUT2D eigenvalue weighted by Crippen LogP contribution is -2.43. The Hall–Kier alpha value is -0.970. The highest BCUT2D eigenvalue weighted by molar-refractivity contribution is 6.30. The molecule has 4 nitrogen and oxygen atoms in total. The van der Waals surface area contributed by atoms with E-state index in [4.69, 9.17) is 21.1 Å². The molecule has 18 heavy (non-hydrogen) atoms. The third-order valence-electron chi connectivity index (χ3n) is 3.02. The summed E-state index contributed by atoms with van der Waals surface area (Å²) in [6, 6.07) is 5.54. The first-order valence-electron chi connectivity index (χ1n) is 6.06. The number of anilines is 1. The van der Waals surface area contributed by atoms with Crippen LogP contribution in [-0.4, -0.2) is 51.4 Å². The summed E-state index contributed by atoms with van der Waals surface area (Å²) < 4.78 is 11.0. The minimum atomic E-state index is 0.201. The number of ether oxygens (including phenoxy) is 2. The van der Waals surface area contributed by atoms with E-state index in [1.165, 1.54) is 0 Å². The van der Waals surface area contributed by atoms with Crippen molar-refractivity contribution in [3.8, 4) is 5.75 Å². The Kier molecular flexibility index (Phi) is 4.69. The predicted octanol–water partition coefficient (Wildman–Crippen LogP) is 2.09. The lowest BCUT2D eigenvalue weighted by atomic mass is 10.2. The lowest BCUT2D eigenvalue weighted by Gasteiger charge is -2.30. The fraction of sp³-hybridized carbons (Fsp3) is 0.538. The van der Waals surface area contributed by atoms with Crippen molar-refractivity contribution in [3.63, 3.8) is 0 Å². The SMILES string of the molecule is COc1ccc(Cl)cc1NCC1CN(C)CCO1. The summed E-state index contributed by atoms with van der Waals surface area (Å²) in [5.41, 5.74) is 0.904. The van der Waals surface area contributed by atoms with E-state index in [1.807, 2.05) is 18.2 Å². The van der Waals surface area contributed by atoms with Crippen LogP contribution in [0.3, 0.4) is 0 Å². The van der Waals surface area contributed by atoms with Gasteiger partial charge in [0.25, 0.3) is 0 Å². The molecule has 0 radical (unpaired) electrons. The van der Waals surface area contributed by atoms with Gasteiger partial charge in [-0.05, 0) is 25.2 Å². The van der Waals surface area contributed by atoms with E-state index in [9.17, 15) is 0 Å². The number of hydrogen-bond acceptors (Lipinski definition) is 4. The van der Waals surface area contributed by atoms with Crippen LogP contribution in [0.1, 0.15) is 0 Å². The van der Waals surface area contributed by atoms with Crippen LogP contribution in [0.15, 0.2) is 18.2 Å². The number of hydrogen-bond donors (Lipinski definition) is 1. The van der Waals surface area contributed by atoms with Crippen molar-refractivity contribution in [2.45, 2.75) is 6.10 Å². The van der Waals surface area contributed by atoms with Gasteiger partial charge in [0.05, 0.1) is 25.5 Å². The standard InChI is InChI=1S/C13H19ClN2O2/c1-16-5-6-18-11(9-16)8-15-12-7-10(14)3-4-13(12)17-2/h3-4,7,11,15H,5-6,8-9H2,1-2H3. The van der Waals surface area contributed by atoms with Crippen LogP contribution in [0, 0.1) is 0 Å². The Bertz CT molecular complexity index is 401. The average Bonchev–Trinajstić information content (AvgIpc) is 2.37. The molecule has 1 fully saturated rings. The first-order chi connectivity index (χ1) is 8.69. The van der Waals surface area contributed by atoms with Gasteiger partial charge in [-0.1, -0.05) is 11.6 Å². The zero-order valence-corrected chi connectivity index (χ0v) is 11.5. The number of morpholine rings is 1. The first kappa shape index (κ1) is 13.5. The van der Waals surface area contributed by atoms with Crippen LogP contribution >= 0.6 is 11.6 Å². The quantitative estimate of drug-likeness (QED) is 0.908. The van der Waals surface area contributed by atoms with Crippen molar-refractivity contribution < 1.29 is 9.47 Å². The van der Waals surface area contributed by atoms with E-state index in [1.54, 1.807) is 7.11 Å². The molecule has 100 valence electrons. The molecule has 2 rings (SSSR count). The van der Waals surface area contributed by atoms with Crippen molar-refractivity contribution in [2.24, 2.45) is 0 Å². The predicted molar refractivity (Wildman–Crippen MR) is 73.7 cm³/mol. The number of methoxy groups -OCH3 is 1. The van der Waals surface area contributed by atoms with Gasteiger partial charge in [-0.25, -0.2) is 0 Å². The molecule has 5 heteroatoms. The van der Waals surface area contributed by atoms with Gasteiger partial charge in [0.1, 0.15) is 5.75 Å². The van der Waals surface area contributed by atoms with E-state index < -0.39 is 0 Å². The van der Waals surface area contributed by atoms with Crippen molar-refractivity contribution in [2.75, 3.05) is 45.7 Å². The van der Waals surface area contributed by atoms with Crippen molar-refractivity contribution >= 4 is 17.3 Å². The maximum Gasteiger partial charge on any atom is 0.142 e. The highest BCUT2D eigenvalue weighted by atomic mass is 35.5. The van der Waals surface area contributed by atoms with Gasteiger partial charge in [-0.15, -0.1) is 0 Å². The average molecular weight is 271 g/mol. The third kappa shape index (κ3) is 3.51. The Labute approximate surface area is 113 Å². The molecule has 0 bridgehead atoms. The number of likely N-dealkylation sites (N-methyl/N-ethyl adjacent to an activating group) is 1. The lowest BCUT2D eigenvalue weighted by molar-refractivity contribution is -0.0117. The van der Waals surface area contributed by atoms with Gasteiger partial charge in [0.15, 0.2) is 0 Å². The van der Waals surface area contributed by atoms with Crippen molar-refractivity contribution in [1.29, 1.82) is 0 Å². The third-order valence-corrected chi connectivity index (χ3v) is 3.26. The highest BCUT2D eigenvalue weighted by Crippen LogP contribution is 2.27. The Morgan fingerprint density at radius 3 is 3.11 bits per heavy atom. The van der Waals surface area contributed by atoms with Crippen LogP contribution in [0.2, 0.25) is 5.02 Å². The maximum atomic E-state index is 5.98. The van der Waals surface area contributed by atoms with Crippen LogP contribution in [0.25, 0.3) is 0 Å². The molecule has 1 aromatic carbocycles. The molecule has 1 aromatic rings. The normalized spacial score (nSPS) is 20.7. The van der Waals surface area contributed by atoms with E-state index >= 15 is 0 Å². The zero-order chi connectivity index (χ0) is 13.0. The topological polar surface area (TPSA) is 33.7 Å². The highest BCUT2D eigenvalue weighted by Gasteiger charge is 2.17. The molecule has 1 heterocycles. The summed E-state index contributed by atoms with van der Waals surface area (Å²) >= 11 is 5.98. The number of nitrogens with zero attached hydrogens (tertiary/aromatic N) is 1.